The van der Waals surface area contributed by atoms with Crippen molar-refractivity contribution >= 4 is 11.5 Å². The second-order valence-corrected chi connectivity index (χ2v) is 6.94. The lowest BCUT2D eigenvalue weighted by Gasteiger charge is -2.18. The molecule has 0 spiro atoms. The van der Waals surface area contributed by atoms with Gasteiger partial charge in [-0.1, -0.05) is 63.2 Å². The van der Waals surface area contributed by atoms with Crippen molar-refractivity contribution in [1.29, 1.82) is 0 Å². The number of anilines is 1. The van der Waals surface area contributed by atoms with Crippen molar-refractivity contribution in [3.05, 3.63) is 77.0 Å². The molecule has 2 nitrogen and oxygen atoms in total. The van der Waals surface area contributed by atoms with Crippen LogP contribution in [-0.4, -0.2) is 5.78 Å². The number of allylic oxidation sites excluding steroid dienone is 1. The van der Waals surface area contributed by atoms with Gasteiger partial charge < -0.3 is 5.32 Å². The molecule has 2 aromatic rings. The maximum Gasteiger partial charge on any atom is 0.187 e. The third-order valence-corrected chi connectivity index (χ3v) is 3.98. The number of carbonyl (C=O) groups is 1. The van der Waals surface area contributed by atoms with Crippen LogP contribution in [0, 0.1) is 13.8 Å². The molecule has 2 heteroatoms. The van der Waals surface area contributed by atoms with E-state index in [0.29, 0.717) is 5.56 Å². The summed E-state index contributed by atoms with van der Waals surface area (Å²) in [5, 5.41) is 3.22. The molecule has 0 aliphatic carbocycles. The molecule has 2 rings (SSSR count). The lowest BCUT2D eigenvalue weighted by molar-refractivity contribution is 0.104. The first-order chi connectivity index (χ1) is 10.8. The van der Waals surface area contributed by atoms with Gasteiger partial charge in [0.25, 0.3) is 0 Å². The number of aryl methyl sites for hydroxylation is 2. The Bertz CT molecular complexity index is 698. The van der Waals surface area contributed by atoms with E-state index in [0.717, 1.165) is 16.8 Å². The van der Waals surface area contributed by atoms with E-state index in [1.54, 1.807) is 12.3 Å². The molecule has 0 heterocycles. The van der Waals surface area contributed by atoms with Gasteiger partial charge in [0.15, 0.2) is 5.78 Å². The molecule has 0 radical (unpaired) electrons. The smallest absolute Gasteiger partial charge is 0.187 e. The minimum atomic E-state index is 0.00389. The van der Waals surface area contributed by atoms with Gasteiger partial charge in [-0.3, -0.25) is 4.79 Å². The second kappa shape index (κ2) is 6.82. The van der Waals surface area contributed by atoms with Crippen LogP contribution in [0.15, 0.2) is 54.7 Å². The maximum absolute atomic E-state index is 12.2. The molecule has 0 aliphatic heterocycles. The monoisotopic (exact) mass is 307 g/mol. The van der Waals surface area contributed by atoms with E-state index >= 15 is 0 Å². The van der Waals surface area contributed by atoms with Crippen molar-refractivity contribution in [2.24, 2.45) is 0 Å². The Labute approximate surface area is 139 Å². The number of carbonyl (C=O) groups excluding carboxylic acids is 1. The molecular formula is C21H25NO. The molecule has 2 aromatic carbocycles. The molecule has 0 saturated heterocycles. The Morgan fingerprint density at radius 1 is 0.957 bits per heavy atom. The van der Waals surface area contributed by atoms with E-state index in [4.69, 9.17) is 0 Å². The van der Waals surface area contributed by atoms with Crippen LogP contribution in [0.5, 0.6) is 0 Å². The third kappa shape index (κ3) is 4.32. The minimum Gasteiger partial charge on any atom is -0.361 e. The van der Waals surface area contributed by atoms with E-state index in [2.05, 4.69) is 52.1 Å². The van der Waals surface area contributed by atoms with E-state index in [1.165, 1.54) is 5.56 Å². The molecule has 0 amide bonds. The van der Waals surface area contributed by atoms with Gasteiger partial charge in [-0.2, -0.15) is 0 Å². The molecule has 0 fully saturated rings. The summed E-state index contributed by atoms with van der Waals surface area (Å²) in [5.41, 5.74) is 5.42. The van der Waals surface area contributed by atoms with Crippen LogP contribution in [0.25, 0.3) is 0 Å². The SMILES string of the molecule is Cc1cccc(C)c1NC=CC(=O)c1ccc(C(C)(C)C)cc1. The van der Waals surface area contributed by atoms with Crippen molar-refractivity contribution in [3.63, 3.8) is 0 Å². The van der Waals surface area contributed by atoms with Gasteiger partial charge in [-0.15, -0.1) is 0 Å². The predicted molar refractivity (Wildman–Crippen MR) is 98.2 cm³/mol. The van der Waals surface area contributed by atoms with Gasteiger partial charge >= 0.3 is 0 Å². The molecular weight excluding hydrogens is 282 g/mol. The molecule has 0 saturated carbocycles. The van der Waals surface area contributed by atoms with E-state index in [9.17, 15) is 4.79 Å². The summed E-state index contributed by atoms with van der Waals surface area (Å²) in [7, 11) is 0. The van der Waals surface area contributed by atoms with Crippen LogP contribution in [0.1, 0.15) is 47.8 Å². The fourth-order valence-electron chi connectivity index (χ4n) is 2.47. The van der Waals surface area contributed by atoms with Crippen LogP contribution >= 0.6 is 0 Å². The number of para-hydroxylation sites is 1. The topological polar surface area (TPSA) is 29.1 Å². The van der Waals surface area contributed by atoms with Crippen LogP contribution < -0.4 is 5.32 Å². The quantitative estimate of drug-likeness (QED) is 0.604. The Kier molecular flexibility index (Phi) is 5.05. The molecule has 0 aliphatic rings. The number of ketones is 1. The normalized spacial score (nSPS) is 11.7. The van der Waals surface area contributed by atoms with Gasteiger partial charge in [0, 0.05) is 23.5 Å². The number of nitrogens with one attached hydrogen (secondary N) is 1. The summed E-state index contributed by atoms with van der Waals surface area (Å²) < 4.78 is 0. The fraction of sp³-hybridized carbons (Fsp3) is 0.286. The highest BCUT2D eigenvalue weighted by Gasteiger charge is 2.13. The maximum atomic E-state index is 12.2. The molecule has 0 aromatic heterocycles. The number of rotatable bonds is 4. The van der Waals surface area contributed by atoms with Crippen LogP contribution in [-0.2, 0) is 5.41 Å². The first kappa shape index (κ1) is 17.0. The first-order valence-corrected chi connectivity index (χ1v) is 7.93. The zero-order chi connectivity index (χ0) is 17.0. The Morgan fingerprint density at radius 2 is 1.52 bits per heavy atom. The fourth-order valence-corrected chi connectivity index (χ4v) is 2.47. The third-order valence-electron chi connectivity index (χ3n) is 3.98. The highest BCUT2D eigenvalue weighted by Crippen LogP contribution is 2.22. The van der Waals surface area contributed by atoms with Crippen LogP contribution in [0.4, 0.5) is 5.69 Å². The van der Waals surface area contributed by atoms with Gasteiger partial charge in [0.05, 0.1) is 0 Å². The number of hydrogen-bond donors (Lipinski definition) is 1. The summed E-state index contributed by atoms with van der Waals surface area (Å²) in [6, 6.07) is 14.0. The minimum absolute atomic E-state index is 0.00389. The lowest BCUT2D eigenvalue weighted by atomic mass is 9.86. The van der Waals surface area contributed by atoms with Gasteiger partial charge in [-0.05, 0) is 36.0 Å². The Balaban J connectivity index is 2.07. The van der Waals surface area contributed by atoms with Crippen molar-refractivity contribution in [3.8, 4) is 0 Å². The van der Waals surface area contributed by atoms with Crippen molar-refractivity contribution in [2.45, 2.75) is 40.0 Å². The van der Waals surface area contributed by atoms with Gasteiger partial charge in [0.1, 0.15) is 0 Å². The molecule has 23 heavy (non-hydrogen) atoms. The van der Waals surface area contributed by atoms with E-state index in [1.807, 2.05) is 30.3 Å². The molecule has 0 bridgehead atoms. The van der Waals surface area contributed by atoms with Gasteiger partial charge in [-0.25, -0.2) is 0 Å². The highest BCUT2D eigenvalue weighted by atomic mass is 16.1. The lowest BCUT2D eigenvalue weighted by Crippen LogP contribution is -2.11. The van der Waals surface area contributed by atoms with E-state index in [-0.39, 0.29) is 11.2 Å². The zero-order valence-electron chi connectivity index (χ0n) is 14.6. The Morgan fingerprint density at radius 3 is 2.04 bits per heavy atom. The standard InChI is InChI=1S/C21H25NO/c1-15-7-6-8-16(2)20(15)22-14-13-19(23)17-9-11-18(12-10-17)21(3,4)5/h6-14,22H,1-5H3. The van der Waals surface area contributed by atoms with Crippen molar-refractivity contribution in [2.75, 3.05) is 5.32 Å². The zero-order valence-corrected chi connectivity index (χ0v) is 14.6. The highest BCUT2D eigenvalue weighted by molar-refractivity contribution is 6.04. The predicted octanol–water partition coefficient (Wildman–Crippen LogP) is 5.41. The number of hydrogen-bond acceptors (Lipinski definition) is 2. The van der Waals surface area contributed by atoms with Crippen LogP contribution in [0.2, 0.25) is 0 Å². The van der Waals surface area contributed by atoms with Crippen LogP contribution in [0.3, 0.4) is 0 Å². The molecule has 0 atom stereocenters. The summed E-state index contributed by atoms with van der Waals surface area (Å²) in [6.45, 7) is 10.6. The average molecular weight is 307 g/mol. The largest absolute Gasteiger partial charge is 0.361 e. The number of benzene rings is 2. The summed E-state index contributed by atoms with van der Waals surface area (Å²) in [6.07, 6.45) is 3.30. The second-order valence-electron chi connectivity index (χ2n) is 6.94. The first-order valence-electron chi connectivity index (χ1n) is 7.93. The Hall–Kier alpha value is -2.35. The van der Waals surface area contributed by atoms with Gasteiger partial charge in [0.2, 0.25) is 0 Å². The van der Waals surface area contributed by atoms with Crippen molar-refractivity contribution in [1.82, 2.24) is 0 Å². The molecule has 120 valence electrons. The average Bonchev–Trinajstić information content (AvgIpc) is 2.49. The molecule has 0 unspecified atom stereocenters. The van der Waals surface area contributed by atoms with E-state index < -0.39 is 0 Å². The summed E-state index contributed by atoms with van der Waals surface area (Å²) >= 11 is 0. The summed E-state index contributed by atoms with van der Waals surface area (Å²) in [5.74, 6) is 0.00389. The van der Waals surface area contributed by atoms with Crippen molar-refractivity contribution < 1.29 is 4.79 Å². The summed E-state index contributed by atoms with van der Waals surface area (Å²) in [4.78, 5) is 12.2. The molecule has 1 N–H and O–H groups in total.